The number of carbonyl (C=O) groups excluding carboxylic acids is 1. The summed E-state index contributed by atoms with van der Waals surface area (Å²) in [5.41, 5.74) is 5.57. The van der Waals surface area contributed by atoms with Gasteiger partial charge in [-0.1, -0.05) is 13.3 Å². The first kappa shape index (κ1) is 13.9. The van der Waals surface area contributed by atoms with Gasteiger partial charge in [0.05, 0.1) is 0 Å². The van der Waals surface area contributed by atoms with Gasteiger partial charge < -0.3 is 16.2 Å². The summed E-state index contributed by atoms with van der Waals surface area (Å²) in [7, 11) is 0. The van der Waals surface area contributed by atoms with E-state index >= 15 is 0 Å². The standard InChI is InChI=1S/C10H20N2O3/c1-7(4-3-5-8(2)11)10(15)12-6-9(13)14/h7-8H,3-6,11H2,1-2H3,(H,12,15)(H,13,14). The van der Waals surface area contributed by atoms with Gasteiger partial charge in [-0.3, -0.25) is 9.59 Å². The topological polar surface area (TPSA) is 92.4 Å². The highest BCUT2D eigenvalue weighted by molar-refractivity contribution is 5.82. The lowest BCUT2D eigenvalue weighted by Gasteiger charge is -2.11. The molecule has 0 saturated heterocycles. The molecule has 15 heavy (non-hydrogen) atoms. The number of carbonyl (C=O) groups is 2. The lowest BCUT2D eigenvalue weighted by atomic mass is 10.0. The van der Waals surface area contributed by atoms with Crippen molar-refractivity contribution in [1.29, 1.82) is 0 Å². The summed E-state index contributed by atoms with van der Waals surface area (Å²) in [6.45, 7) is 3.41. The number of hydrogen-bond acceptors (Lipinski definition) is 3. The molecule has 5 nitrogen and oxygen atoms in total. The number of carboxylic acid groups (broad SMARTS) is 1. The van der Waals surface area contributed by atoms with Crippen LogP contribution in [0.1, 0.15) is 33.1 Å². The molecule has 0 rings (SSSR count). The highest BCUT2D eigenvalue weighted by Crippen LogP contribution is 2.08. The molecule has 0 aliphatic carbocycles. The Morgan fingerprint density at radius 2 is 1.93 bits per heavy atom. The molecule has 0 aromatic carbocycles. The SMILES string of the molecule is CC(N)CCCC(C)C(=O)NCC(=O)O. The number of carboxylic acids is 1. The Morgan fingerprint density at radius 1 is 1.33 bits per heavy atom. The molecule has 4 N–H and O–H groups in total. The molecule has 2 atom stereocenters. The van der Waals surface area contributed by atoms with E-state index in [-0.39, 0.29) is 24.4 Å². The second-order valence-corrected chi connectivity index (χ2v) is 3.92. The van der Waals surface area contributed by atoms with E-state index in [0.29, 0.717) is 0 Å². The predicted molar refractivity (Wildman–Crippen MR) is 57.3 cm³/mol. The summed E-state index contributed by atoms with van der Waals surface area (Å²) >= 11 is 0. The molecule has 0 radical (unpaired) electrons. The molecule has 0 bridgehead atoms. The van der Waals surface area contributed by atoms with Crippen LogP contribution < -0.4 is 11.1 Å². The molecular weight excluding hydrogens is 196 g/mol. The first-order chi connectivity index (χ1) is 6.93. The number of hydrogen-bond donors (Lipinski definition) is 3. The number of aliphatic carboxylic acids is 1. The van der Waals surface area contributed by atoms with E-state index in [1.807, 2.05) is 6.92 Å². The van der Waals surface area contributed by atoms with Crippen LogP contribution in [-0.4, -0.2) is 29.6 Å². The second-order valence-electron chi connectivity index (χ2n) is 3.92. The zero-order valence-corrected chi connectivity index (χ0v) is 9.32. The lowest BCUT2D eigenvalue weighted by molar-refractivity contribution is -0.138. The van der Waals surface area contributed by atoms with Gasteiger partial charge in [0.15, 0.2) is 0 Å². The maximum atomic E-state index is 11.3. The van der Waals surface area contributed by atoms with Gasteiger partial charge >= 0.3 is 5.97 Å². The van der Waals surface area contributed by atoms with E-state index in [0.717, 1.165) is 19.3 Å². The molecule has 0 aromatic heterocycles. The third-order valence-corrected chi connectivity index (χ3v) is 2.16. The Morgan fingerprint density at radius 3 is 2.40 bits per heavy atom. The average Bonchev–Trinajstić information content (AvgIpc) is 2.13. The van der Waals surface area contributed by atoms with Gasteiger partial charge in [0, 0.05) is 12.0 Å². The van der Waals surface area contributed by atoms with Gasteiger partial charge in [0.1, 0.15) is 6.54 Å². The molecule has 2 unspecified atom stereocenters. The van der Waals surface area contributed by atoms with Crippen LogP contribution >= 0.6 is 0 Å². The molecular formula is C10H20N2O3. The van der Waals surface area contributed by atoms with Gasteiger partial charge in [-0.25, -0.2) is 0 Å². The molecule has 5 heteroatoms. The summed E-state index contributed by atoms with van der Waals surface area (Å²) in [6, 6.07) is 0.152. The molecule has 0 aromatic rings. The summed E-state index contributed by atoms with van der Waals surface area (Å²) in [6.07, 6.45) is 2.52. The molecule has 88 valence electrons. The van der Waals surface area contributed by atoms with Gasteiger partial charge in [-0.2, -0.15) is 0 Å². The maximum absolute atomic E-state index is 11.3. The van der Waals surface area contributed by atoms with Crippen molar-refractivity contribution in [2.24, 2.45) is 11.7 Å². The van der Waals surface area contributed by atoms with Gasteiger partial charge in [0.25, 0.3) is 0 Å². The number of nitrogens with two attached hydrogens (primary N) is 1. The van der Waals surface area contributed by atoms with E-state index < -0.39 is 5.97 Å². The Hall–Kier alpha value is -1.10. The van der Waals surface area contributed by atoms with Gasteiger partial charge in [-0.05, 0) is 19.8 Å². The van der Waals surface area contributed by atoms with Crippen molar-refractivity contribution in [3.8, 4) is 0 Å². The predicted octanol–water partition coefficient (Wildman–Crippen LogP) is 0.341. The number of nitrogens with one attached hydrogen (secondary N) is 1. The van der Waals surface area contributed by atoms with Crippen molar-refractivity contribution >= 4 is 11.9 Å². The summed E-state index contributed by atoms with van der Waals surface area (Å²) in [5, 5.41) is 10.7. The van der Waals surface area contributed by atoms with E-state index in [1.54, 1.807) is 6.92 Å². The first-order valence-corrected chi connectivity index (χ1v) is 5.18. The zero-order valence-electron chi connectivity index (χ0n) is 9.32. The largest absolute Gasteiger partial charge is 0.480 e. The molecule has 0 aliphatic rings. The fourth-order valence-electron chi connectivity index (χ4n) is 1.21. The minimum atomic E-state index is -1.02. The number of amides is 1. The fourth-order valence-corrected chi connectivity index (χ4v) is 1.21. The lowest BCUT2D eigenvalue weighted by Crippen LogP contribution is -2.33. The van der Waals surface area contributed by atoms with Crippen LogP contribution in [0.3, 0.4) is 0 Å². The van der Waals surface area contributed by atoms with Crippen molar-refractivity contribution in [2.45, 2.75) is 39.2 Å². The van der Waals surface area contributed by atoms with Crippen LogP contribution in [0.15, 0.2) is 0 Å². The van der Waals surface area contributed by atoms with Gasteiger partial charge in [-0.15, -0.1) is 0 Å². The van der Waals surface area contributed by atoms with E-state index in [1.165, 1.54) is 0 Å². The van der Waals surface area contributed by atoms with Crippen molar-refractivity contribution in [2.75, 3.05) is 6.54 Å². The maximum Gasteiger partial charge on any atom is 0.322 e. The van der Waals surface area contributed by atoms with Crippen LogP contribution in [0.5, 0.6) is 0 Å². The Bertz CT molecular complexity index is 217. The number of rotatable bonds is 7. The van der Waals surface area contributed by atoms with Crippen molar-refractivity contribution in [3.63, 3.8) is 0 Å². The van der Waals surface area contributed by atoms with Crippen molar-refractivity contribution in [3.05, 3.63) is 0 Å². The molecule has 0 aliphatic heterocycles. The molecule has 0 spiro atoms. The zero-order chi connectivity index (χ0) is 11.8. The summed E-state index contributed by atoms with van der Waals surface area (Å²) in [4.78, 5) is 21.5. The van der Waals surface area contributed by atoms with E-state index in [4.69, 9.17) is 10.8 Å². The summed E-state index contributed by atoms with van der Waals surface area (Å²) in [5.74, 6) is -1.38. The van der Waals surface area contributed by atoms with Crippen LogP contribution in [0, 0.1) is 5.92 Å². The molecule has 1 amide bonds. The van der Waals surface area contributed by atoms with Crippen molar-refractivity contribution in [1.82, 2.24) is 5.32 Å². The quantitative estimate of drug-likeness (QED) is 0.572. The molecule has 0 fully saturated rings. The van der Waals surface area contributed by atoms with E-state index in [2.05, 4.69) is 5.32 Å². The monoisotopic (exact) mass is 216 g/mol. The Balaban J connectivity index is 3.64. The normalized spacial score (nSPS) is 14.3. The highest BCUT2D eigenvalue weighted by Gasteiger charge is 2.13. The third-order valence-electron chi connectivity index (χ3n) is 2.16. The van der Waals surface area contributed by atoms with Crippen LogP contribution in [0.2, 0.25) is 0 Å². The van der Waals surface area contributed by atoms with Crippen LogP contribution in [-0.2, 0) is 9.59 Å². The third kappa shape index (κ3) is 7.93. The van der Waals surface area contributed by atoms with Crippen LogP contribution in [0.4, 0.5) is 0 Å². The minimum Gasteiger partial charge on any atom is -0.480 e. The van der Waals surface area contributed by atoms with Crippen LogP contribution in [0.25, 0.3) is 0 Å². The Labute approximate surface area is 90.0 Å². The van der Waals surface area contributed by atoms with Crippen molar-refractivity contribution < 1.29 is 14.7 Å². The molecule has 0 saturated carbocycles. The molecule has 0 heterocycles. The van der Waals surface area contributed by atoms with Gasteiger partial charge in [0.2, 0.25) is 5.91 Å². The first-order valence-electron chi connectivity index (χ1n) is 5.18. The Kier molecular flexibility index (Phi) is 6.70. The average molecular weight is 216 g/mol. The highest BCUT2D eigenvalue weighted by atomic mass is 16.4. The van der Waals surface area contributed by atoms with E-state index in [9.17, 15) is 9.59 Å². The second kappa shape index (κ2) is 7.23. The smallest absolute Gasteiger partial charge is 0.322 e. The summed E-state index contributed by atoms with van der Waals surface area (Å²) < 4.78 is 0. The minimum absolute atomic E-state index is 0.150. The fraction of sp³-hybridized carbons (Fsp3) is 0.800.